The normalized spacial score (nSPS) is 18.9. The first-order chi connectivity index (χ1) is 11.6. The van der Waals surface area contributed by atoms with Gasteiger partial charge in [0.25, 0.3) is 0 Å². The second-order valence-corrected chi connectivity index (χ2v) is 6.87. The molecule has 3 heteroatoms. The van der Waals surface area contributed by atoms with Crippen LogP contribution in [0.2, 0.25) is 0 Å². The summed E-state index contributed by atoms with van der Waals surface area (Å²) in [6.45, 7) is 13.3. The van der Waals surface area contributed by atoms with Crippen LogP contribution in [-0.2, 0) is 0 Å². The zero-order valence-corrected chi connectivity index (χ0v) is 17.1. The Morgan fingerprint density at radius 2 is 1.25 bits per heavy atom. The maximum atomic E-state index is 3.85. The predicted molar refractivity (Wildman–Crippen MR) is 108 cm³/mol. The van der Waals surface area contributed by atoms with Gasteiger partial charge in [0.2, 0.25) is 0 Å². The molecule has 24 heavy (non-hydrogen) atoms. The lowest BCUT2D eigenvalue weighted by atomic mass is 9.91. The van der Waals surface area contributed by atoms with Crippen molar-refractivity contribution >= 4 is 0 Å². The largest absolute Gasteiger partial charge is 0.304 e. The molecule has 0 aromatic carbocycles. The molecule has 3 rings (SSSR count). The van der Waals surface area contributed by atoms with Gasteiger partial charge in [0.1, 0.15) is 0 Å². The molecule has 2 fully saturated rings. The SMILES string of the molecule is CC.CC1CCCCC1.CN1CCN(C)CC1.Cc1ccncc1. The Kier molecular flexibility index (Phi) is 15.0. The summed E-state index contributed by atoms with van der Waals surface area (Å²) in [6, 6.07) is 3.94. The zero-order chi connectivity index (χ0) is 18.2. The lowest BCUT2D eigenvalue weighted by molar-refractivity contribution is 0.181. The molecule has 1 saturated carbocycles. The predicted octanol–water partition coefficient (Wildman–Crippen LogP) is 4.87. The Morgan fingerprint density at radius 1 is 0.833 bits per heavy atom. The Bertz CT molecular complexity index is 343. The third kappa shape index (κ3) is 13.5. The highest BCUT2D eigenvalue weighted by Crippen LogP contribution is 2.22. The first-order valence-electron chi connectivity index (χ1n) is 9.81. The lowest BCUT2D eigenvalue weighted by Gasteiger charge is -2.28. The van der Waals surface area contributed by atoms with Crippen LogP contribution in [-0.4, -0.2) is 55.1 Å². The quantitative estimate of drug-likeness (QED) is 0.674. The molecule has 0 N–H and O–H groups in total. The molecule has 3 nitrogen and oxygen atoms in total. The van der Waals surface area contributed by atoms with Crippen molar-refractivity contribution in [2.45, 2.75) is 59.8 Å². The van der Waals surface area contributed by atoms with Gasteiger partial charge < -0.3 is 9.80 Å². The number of nitrogens with zero attached hydrogens (tertiary/aromatic N) is 3. The molecule has 0 bridgehead atoms. The minimum atomic E-state index is 1.04. The Morgan fingerprint density at radius 3 is 1.50 bits per heavy atom. The maximum absolute atomic E-state index is 3.85. The van der Waals surface area contributed by atoms with Crippen molar-refractivity contribution < 1.29 is 0 Å². The maximum Gasteiger partial charge on any atom is 0.0270 e. The standard InChI is InChI=1S/C7H14.C6H14N2.C6H7N.C2H6/c1-7-5-3-2-4-6-7;1-7-3-5-8(2)6-4-7;1-6-2-4-7-5-3-6;1-2/h7H,2-6H2,1H3;3-6H2,1-2H3;2-5H,1H3;1-2H3. The molecule has 0 amide bonds. The van der Waals surface area contributed by atoms with E-state index in [4.69, 9.17) is 0 Å². The molecule has 1 aliphatic heterocycles. The Balaban J connectivity index is 0.000000315. The number of aromatic nitrogens is 1. The van der Waals surface area contributed by atoms with Gasteiger partial charge in [0.15, 0.2) is 0 Å². The molecule has 0 spiro atoms. The minimum Gasteiger partial charge on any atom is -0.304 e. The molecule has 2 heterocycles. The molecule has 2 aliphatic rings. The number of rotatable bonds is 0. The lowest BCUT2D eigenvalue weighted by Crippen LogP contribution is -2.42. The van der Waals surface area contributed by atoms with Crippen LogP contribution in [0.5, 0.6) is 0 Å². The topological polar surface area (TPSA) is 19.4 Å². The van der Waals surface area contributed by atoms with Gasteiger partial charge in [-0.1, -0.05) is 52.9 Å². The number of aryl methyl sites for hydroxylation is 1. The van der Waals surface area contributed by atoms with E-state index in [2.05, 4.69) is 35.8 Å². The van der Waals surface area contributed by atoms with E-state index in [9.17, 15) is 0 Å². The average Bonchev–Trinajstić information content (AvgIpc) is 2.62. The number of likely N-dealkylation sites (N-methyl/N-ethyl adjacent to an activating group) is 2. The van der Waals surface area contributed by atoms with Crippen LogP contribution in [0.4, 0.5) is 0 Å². The molecule has 0 radical (unpaired) electrons. The summed E-state index contributed by atoms with van der Waals surface area (Å²) in [4.78, 5) is 8.57. The summed E-state index contributed by atoms with van der Waals surface area (Å²) >= 11 is 0. The van der Waals surface area contributed by atoms with Gasteiger partial charge in [-0.2, -0.15) is 0 Å². The second kappa shape index (κ2) is 15.6. The van der Waals surface area contributed by atoms with E-state index in [0.29, 0.717) is 0 Å². The molecule has 1 aromatic rings. The zero-order valence-electron chi connectivity index (χ0n) is 17.1. The summed E-state index contributed by atoms with van der Waals surface area (Å²) < 4.78 is 0. The van der Waals surface area contributed by atoms with Crippen molar-refractivity contribution in [2.75, 3.05) is 40.3 Å². The minimum absolute atomic E-state index is 1.04. The van der Waals surface area contributed by atoms with Gasteiger partial charge in [-0.3, -0.25) is 4.98 Å². The van der Waals surface area contributed by atoms with E-state index in [0.717, 1.165) is 5.92 Å². The first kappa shape index (κ1) is 23.1. The molecular formula is C21H41N3. The molecule has 1 aromatic heterocycles. The van der Waals surface area contributed by atoms with Crippen molar-refractivity contribution in [3.8, 4) is 0 Å². The monoisotopic (exact) mass is 335 g/mol. The summed E-state index contributed by atoms with van der Waals surface area (Å²) in [7, 11) is 4.35. The van der Waals surface area contributed by atoms with Gasteiger partial charge in [-0.25, -0.2) is 0 Å². The van der Waals surface area contributed by atoms with Crippen LogP contribution in [0.15, 0.2) is 24.5 Å². The van der Waals surface area contributed by atoms with E-state index < -0.39 is 0 Å². The highest BCUT2D eigenvalue weighted by molar-refractivity contribution is 5.05. The molecular weight excluding hydrogens is 294 g/mol. The average molecular weight is 336 g/mol. The van der Waals surface area contributed by atoms with Crippen LogP contribution in [0.1, 0.15) is 58.4 Å². The van der Waals surface area contributed by atoms with Crippen LogP contribution >= 0.6 is 0 Å². The first-order valence-corrected chi connectivity index (χ1v) is 9.81. The summed E-state index contributed by atoms with van der Waals surface area (Å²) in [5.74, 6) is 1.04. The van der Waals surface area contributed by atoms with Gasteiger partial charge in [0.05, 0.1) is 0 Å². The van der Waals surface area contributed by atoms with E-state index in [-0.39, 0.29) is 0 Å². The van der Waals surface area contributed by atoms with E-state index >= 15 is 0 Å². The van der Waals surface area contributed by atoms with Crippen LogP contribution in [0, 0.1) is 12.8 Å². The van der Waals surface area contributed by atoms with Gasteiger partial charge in [0, 0.05) is 38.6 Å². The fraction of sp³-hybridized carbons (Fsp3) is 0.762. The van der Waals surface area contributed by atoms with Crippen molar-refractivity contribution in [3.63, 3.8) is 0 Å². The third-order valence-electron chi connectivity index (χ3n) is 4.47. The van der Waals surface area contributed by atoms with E-state index in [1.807, 2.05) is 32.9 Å². The van der Waals surface area contributed by atoms with E-state index in [1.165, 1.54) is 63.8 Å². The van der Waals surface area contributed by atoms with Crippen LogP contribution in [0.3, 0.4) is 0 Å². The highest BCUT2D eigenvalue weighted by atomic mass is 15.2. The number of hydrogen-bond acceptors (Lipinski definition) is 3. The molecule has 1 saturated heterocycles. The summed E-state index contributed by atoms with van der Waals surface area (Å²) in [5, 5.41) is 0. The van der Waals surface area contributed by atoms with Gasteiger partial charge in [-0.15, -0.1) is 0 Å². The van der Waals surface area contributed by atoms with Crippen molar-refractivity contribution in [1.82, 2.24) is 14.8 Å². The summed E-state index contributed by atoms with van der Waals surface area (Å²) in [6.07, 6.45) is 11.0. The van der Waals surface area contributed by atoms with Crippen LogP contribution < -0.4 is 0 Å². The summed E-state index contributed by atoms with van der Waals surface area (Å²) in [5.41, 5.74) is 1.26. The molecule has 0 unspecified atom stereocenters. The number of piperazine rings is 1. The fourth-order valence-corrected chi connectivity index (χ4v) is 2.64. The van der Waals surface area contributed by atoms with Crippen molar-refractivity contribution in [2.24, 2.45) is 5.92 Å². The highest BCUT2D eigenvalue weighted by Gasteiger charge is 2.08. The van der Waals surface area contributed by atoms with Crippen molar-refractivity contribution in [3.05, 3.63) is 30.1 Å². The number of pyridine rings is 1. The van der Waals surface area contributed by atoms with Crippen LogP contribution in [0.25, 0.3) is 0 Å². The molecule has 140 valence electrons. The third-order valence-corrected chi connectivity index (χ3v) is 4.47. The fourth-order valence-electron chi connectivity index (χ4n) is 2.64. The van der Waals surface area contributed by atoms with Gasteiger partial charge in [-0.05, 0) is 44.6 Å². The Labute approximate surface area is 151 Å². The Hall–Kier alpha value is -0.930. The molecule has 0 atom stereocenters. The molecule has 1 aliphatic carbocycles. The van der Waals surface area contributed by atoms with E-state index in [1.54, 1.807) is 12.4 Å². The smallest absolute Gasteiger partial charge is 0.0270 e. The second-order valence-electron chi connectivity index (χ2n) is 6.87. The van der Waals surface area contributed by atoms with Gasteiger partial charge >= 0.3 is 0 Å². The van der Waals surface area contributed by atoms with Crippen molar-refractivity contribution in [1.29, 1.82) is 0 Å². The number of hydrogen-bond donors (Lipinski definition) is 0.